The Morgan fingerprint density at radius 2 is 0.793 bits per heavy atom. The number of unbranched alkanes of at least 4 members (excludes halogenated alkanes) is 15. The van der Waals surface area contributed by atoms with Crippen molar-refractivity contribution >= 4 is 11.9 Å². The Morgan fingerprint density at radius 1 is 0.483 bits per heavy atom. The Kier molecular flexibility index (Phi) is 21.9. The Balaban J connectivity index is 3.28. The first-order valence-corrected chi connectivity index (χ1v) is 12.2. The summed E-state index contributed by atoms with van der Waals surface area (Å²) >= 11 is 0. The van der Waals surface area contributed by atoms with E-state index in [-0.39, 0.29) is 0 Å². The van der Waals surface area contributed by atoms with Gasteiger partial charge in [0.2, 0.25) is 0 Å². The lowest BCUT2D eigenvalue weighted by molar-refractivity contribution is -0.140. The SMILES string of the molecule is CCCCCCCCCCCCCCCCCOC(=O)/C=C/C(=O)OCCCC. The lowest BCUT2D eigenvalue weighted by Crippen LogP contribution is -2.06. The van der Waals surface area contributed by atoms with Crippen molar-refractivity contribution < 1.29 is 19.1 Å². The molecule has 0 heterocycles. The van der Waals surface area contributed by atoms with Crippen molar-refractivity contribution in [3.8, 4) is 0 Å². The van der Waals surface area contributed by atoms with E-state index in [2.05, 4.69) is 6.92 Å². The van der Waals surface area contributed by atoms with E-state index < -0.39 is 11.9 Å². The molecule has 29 heavy (non-hydrogen) atoms. The van der Waals surface area contributed by atoms with E-state index in [1.165, 1.54) is 83.5 Å². The van der Waals surface area contributed by atoms with Gasteiger partial charge in [-0.15, -0.1) is 0 Å². The molecule has 0 rings (SSSR count). The second kappa shape index (κ2) is 23.0. The standard InChI is InChI=1S/C25H46O4/c1-3-5-7-8-9-10-11-12-13-14-15-16-17-18-19-23-29-25(27)21-20-24(26)28-22-6-4-2/h20-21H,3-19,22-23H2,1-2H3/b21-20+. The van der Waals surface area contributed by atoms with E-state index in [1.54, 1.807) is 0 Å². The maximum Gasteiger partial charge on any atom is 0.331 e. The topological polar surface area (TPSA) is 52.6 Å². The average molecular weight is 411 g/mol. The molecule has 4 nitrogen and oxygen atoms in total. The molecular weight excluding hydrogens is 364 g/mol. The summed E-state index contributed by atoms with van der Waals surface area (Å²) in [5, 5.41) is 0. The fourth-order valence-electron chi connectivity index (χ4n) is 3.20. The van der Waals surface area contributed by atoms with E-state index in [0.29, 0.717) is 13.2 Å². The van der Waals surface area contributed by atoms with Gasteiger partial charge in [-0.2, -0.15) is 0 Å². The molecule has 0 radical (unpaired) electrons. The fourth-order valence-corrected chi connectivity index (χ4v) is 3.20. The van der Waals surface area contributed by atoms with Gasteiger partial charge in [0.1, 0.15) is 0 Å². The predicted octanol–water partition coefficient (Wildman–Crippen LogP) is 7.30. The third-order valence-electron chi connectivity index (χ3n) is 5.09. The normalized spacial score (nSPS) is 11.1. The van der Waals surface area contributed by atoms with Gasteiger partial charge >= 0.3 is 11.9 Å². The molecule has 0 aromatic heterocycles. The summed E-state index contributed by atoms with van der Waals surface area (Å²) in [4.78, 5) is 22.8. The van der Waals surface area contributed by atoms with Crippen molar-refractivity contribution in [3.05, 3.63) is 12.2 Å². The average Bonchev–Trinajstić information content (AvgIpc) is 2.72. The van der Waals surface area contributed by atoms with Gasteiger partial charge in [0.15, 0.2) is 0 Å². The molecule has 0 atom stereocenters. The summed E-state index contributed by atoms with van der Waals surface area (Å²) < 4.78 is 10.0. The maximum absolute atomic E-state index is 11.5. The summed E-state index contributed by atoms with van der Waals surface area (Å²) in [6.45, 7) is 5.11. The number of carbonyl (C=O) groups is 2. The van der Waals surface area contributed by atoms with Crippen molar-refractivity contribution in [2.24, 2.45) is 0 Å². The highest BCUT2D eigenvalue weighted by Crippen LogP contribution is 2.13. The van der Waals surface area contributed by atoms with Crippen LogP contribution >= 0.6 is 0 Å². The van der Waals surface area contributed by atoms with Crippen LogP contribution in [-0.2, 0) is 19.1 Å². The fraction of sp³-hybridized carbons (Fsp3) is 0.840. The monoisotopic (exact) mass is 410 g/mol. The maximum atomic E-state index is 11.5. The van der Waals surface area contributed by atoms with Crippen LogP contribution in [0.4, 0.5) is 0 Å². The molecule has 0 unspecified atom stereocenters. The first-order chi connectivity index (χ1) is 14.2. The minimum absolute atomic E-state index is 0.397. The number of ether oxygens (including phenoxy) is 2. The zero-order valence-corrected chi connectivity index (χ0v) is 19.2. The number of hydrogen-bond acceptors (Lipinski definition) is 4. The van der Waals surface area contributed by atoms with Gasteiger partial charge in [0, 0.05) is 12.2 Å². The van der Waals surface area contributed by atoms with Crippen LogP contribution < -0.4 is 0 Å². The molecule has 0 amide bonds. The van der Waals surface area contributed by atoms with E-state index in [0.717, 1.165) is 37.8 Å². The number of rotatable bonds is 21. The smallest absolute Gasteiger partial charge is 0.331 e. The first-order valence-electron chi connectivity index (χ1n) is 12.2. The summed E-state index contributed by atoms with van der Waals surface area (Å²) in [6, 6.07) is 0. The van der Waals surface area contributed by atoms with Crippen LogP contribution in [0.5, 0.6) is 0 Å². The van der Waals surface area contributed by atoms with Crippen LogP contribution in [0.2, 0.25) is 0 Å². The summed E-state index contributed by atoms with van der Waals surface area (Å²) in [5.41, 5.74) is 0. The Morgan fingerprint density at radius 3 is 1.17 bits per heavy atom. The molecule has 0 aliphatic carbocycles. The molecular formula is C25H46O4. The first kappa shape index (κ1) is 27.7. The van der Waals surface area contributed by atoms with Gasteiger partial charge in [0.25, 0.3) is 0 Å². The van der Waals surface area contributed by atoms with Gasteiger partial charge in [-0.05, 0) is 12.8 Å². The number of hydrogen-bond donors (Lipinski definition) is 0. The quantitative estimate of drug-likeness (QED) is 0.113. The second-order valence-electron chi connectivity index (χ2n) is 7.97. The summed E-state index contributed by atoms with van der Waals surface area (Å²) in [5.74, 6) is -0.954. The van der Waals surface area contributed by atoms with E-state index in [1.807, 2.05) is 6.92 Å². The molecule has 4 heteroatoms. The highest BCUT2D eigenvalue weighted by Gasteiger charge is 2.01. The van der Waals surface area contributed by atoms with E-state index >= 15 is 0 Å². The molecule has 0 aromatic rings. The Labute approximate surface area is 179 Å². The minimum Gasteiger partial charge on any atom is -0.463 e. The summed E-state index contributed by atoms with van der Waals surface area (Å²) in [6.07, 6.45) is 23.8. The number of carbonyl (C=O) groups excluding carboxylic acids is 2. The van der Waals surface area contributed by atoms with Crippen molar-refractivity contribution in [1.29, 1.82) is 0 Å². The van der Waals surface area contributed by atoms with Crippen molar-refractivity contribution in [2.45, 2.75) is 123 Å². The zero-order chi connectivity index (χ0) is 21.4. The molecule has 0 bridgehead atoms. The van der Waals surface area contributed by atoms with Gasteiger partial charge in [-0.25, -0.2) is 9.59 Å². The van der Waals surface area contributed by atoms with Crippen LogP contribution in [0.1, 0.15) is 123 Å². The van der Waals surface area contributed by atoms with Crippen LogP contribution in [0.3, 0.4) is 0 Å². The lowest BCUT2D eigenvalue weighted by Gasteiger charge is -2.04. The largest absolute Gasteiger partial charge is 0.463 e. The van der Waals surface area contributed by atoms with Crippen LogP contribution in [0.15, 0.2) is 12.2 Å². The Hall–Kier alpha value is -1.32. The molecule has 0 aliphatic rings. The van der Waals surface area contributed by atoms with Gasteiger partial charge in [-0.3, -0.25) is 0 Å². The van der Waals surface area contributed by atoms with Gasteiger partial charge < -0.3 is 9.47 Å². The van der Waals surface area contributed by atoms with Crippen molar-refractivity contribution in [2.75, 3.05) is 13.2 Å². The minimum atomic E-state index is -0.484. The van der Waals surface area contributed by atoms with Crippen molar-refractivity contribution in [1.82, 2.24) is 0 Å². The van der Waals surface area contributed by atoms with Crippen LogP contribution in [0, 0.1) is 0 Å². The van der Waals surface area contributed by atoms with E-state index in [4.69, 9.17) is 9.47 Å². The predicted molar refractivity (Wildman–Crippen MR) is 121 cm³/mol. The second-order valence-corrected chi connectivity index (χ2v) is 7.97. The van der Waals surface area contributed by atoms with Crippen molar-refractivity contribution in [3.63, 3.8) is 0 Å². The Bertz CT molecular complexity index is 404. The molecule has 0 spiro atoms. The third kappa shape index (κ3) is 22.8. The molecule has 0 fully saturated rings. The highest BCUT2D eigenvalue weighted by molar-refractivity contribution is 5.91. The molecule has 0 saturated heterocycles. The zero-order valence-electron chi connectivity index (χ0n) is 19.2. The molecule has 0 saturated carbocycles. The number of esters is 2. The van der Waals surface area contributed by atoms with Gasteiger partial charge in [-0.1, -0.05) is 110 Å². The molecule has 0 aromatic carbocycles. The van der Waals surface area contributed by atoms with E-state index in [9.17, 15) is 9.59 Å². The summed E-state index contributed by atoms with van der Waals surface area (Å²) in [7, 11) is 0. The highest BCUT2D eigenvalue weighted by atomic mass is 16.5. The van der Waals surface area contributed by atoms with Gasteiger partial charge in [0.05, 0.1) is 13.2 Å². The van der Waals surface area contributed by atoms with Crippen LogP contribution in [0.25, 0.3) is 0 Å². The van der Waals surface area contributed by atoms with Crippen LogP contribution in [-0.4, -0.2) is 25.2 Å². The molecule has 0 aliphatic heterocycles. The lowest BCUT2D eigenvalue weighted by atomic mass is 10.0. The third-order valence-corrected chi connectivity index (χ3v) is 5.09. The molecule has 0 N–H and O–H groups in total. The molecule has 170 valence electrons.